The number of nitrogens with one attached hydrogen (secondary N) is 2. The first kappa shape index (κ1) is 21.2. The maximum Gasteiger partial charge on any atom is 0.387 e. The first-order valence-corrected chi connectivity index (χ1v) is 9.07. The minimum atomic E-state index is -2.99. The van der Waals surface area contributed by atoms with Gasteiger partial charge in [0.05, 0.1) is 17.8 Å². The summed E-state index contributed by atoms with van der Waals surface area (Å²) < 4.78 is 31.6. The summed E-state index contributed by atoms with van der Waals surface area (Å²) in [4.78, 5) is 4.40. The normalized spacial score (nSPS) is 11.7. The molecule has 2 N–H and O–H groups in total. The molecule has 0 aliphatic carbocycles. The molecule has 1 aromatic carbocycles. The molecule has 2 aromatic rings. The number of aromatic nitrogens is 2. The van der Waals surface area contributed by atoms with Crippen molar-refractivity contribution in [3.63, 3.8) is 0 Å². The molecule has 148 valence electrons. The van der Waals surface area contributed by atoms with E-state index in [-0.39, 0.29) is 17.3 Å². The summed E-state index contributed by atoms with van der Waals surface area (Å²) in [6.45, 7) is 0.297. The Kier molecular flexibility index (Phi) is 8.12. The van der Waals surface area contributed by atoms with Crippen LogP contribution in [-0.2, 0) is 20.0 Å². The predicted octanol–water partition coefficient (Wildman–Crippen LogP) is 3.63. The average molecular weight is 420 g/mol. The van der Waals surface area contributed by atoms with Gasteiger partial charge in [0.2, 0.25) is 0 Å². The number of aliphatic imine (C=N–C) groups is 1. The van der Waals surface area contributed by atoms with Gasteiger partial charge in [-0.05, 0) is 31.0 Å². The Hall–Kier alpha value is -2.06. The summed E-state index contributed by atoms with van der Waals surface area (Å²) in [7, 11) is 1.86. The summed E-state index contributed by atoms with van der Waals surface area (Å²) in [5, 5.41) is 10.7. The molecular weight excluding hydrogens is 399 g/mol. The number of guanidine groups is 1. The zero-order valence-corrected chi connectivity index (χ0v) is 16.5. The van der Waals surface area contributed by atoms with Gasteiger partial charge < -0.3 is 15.4 Å². The van der Waals surface area contributed by atoms with E-state index in [1.54, 1.807) is 10.9 Å². The van der Waals surface area contributed by atoms with Crippen LogP contribution in [0.25, 0.3) is 0 Å². The molecule has 10 heteroatoms. The number of aryl methyl sites for hydroxylation is 1. The first-order chi connectivity index (χ1) is 12.9. The molecule has 2 rings (SSSR count). The third-order valence-electron chi connectivity index (χ3n) is 3.51. The Labute approximate surface area is 166 Å². The highest BCUT2D eigenvalue weighted by atomic mass is 35.5. The number of nitrogens with zero attached hydrogens (tertiary/aromatic N) is 3. The smallest absolute Gasteiger partial charge is 0.387 e. The van der Waals surface area contributed by atoms with E-state index in [0.717, 1.165) is 12.0 Å². The van der Waals surface area contributed by atoms with Gasteiger partial charge in [-0.25, -0.2) is 4.99 Å². The van der Waals surface area contributed by atoms with Crippen LogP contribution < -0.4 is 15.4 Å². The lowest BCUT2D eigenvalue weighted by Gasteiger charge is -2.14. The van der Waals surface area contributed by atoms with E-state index >= 15 is 0 Å². The summed E-state index contributed by atoms with van der Waals surface area (Å²) in [6.07, 6.45) is 4.50. The lowest BCUT2D eigenvalue weighted by Crippen LogP contribution is -2.38. The molecule has 0 radical (unpaired) electrons. The Morgan fingerprint density at radius 2 is 2.11 bits per heavy atom. The van der Waals surface area contributed by atoms with Crippen LogP contribution in [-0.4, -0.2) is 35.4 Å². The third-order valence-corrected chi connectivity index (χ3v) is 4.01. The summed E-state index contributed by atoms with van der Waals surface area (Å²) >= 11 is 12.0. The molecule has 27 heavy (non-hydrogen) atoms. The van der Waals surface area contributed by atoms with E-state index in [1.807, 2.05) is 20.2 Å². The maximum atomic E-state index is 12.6. The van der Waals surface area contributed by atoms with E-state index in [9.17, 15) is 8.78 Å². The van der Waals surface area contributed by atoms with E-state index in [1.165, 1.54) is 12.1 Å². The van der Waals surface area contributed by atoms with Crippen molar-refractivity contribution in [3.05, 3.63) is 45.7 Å². The SMILES string of the molecule is CCNC(=NCc1cc(Cl)cc(Cl)c1OC(F)F)NCCc1cnn(C)c1. The summed E-state index contributed by atoms with van der Waals surface area (Å²) in [5.74, 6) is 0.423. The number of benzene rings is 1. The first-order valence-electron chi connectivity index (χ1n) is 8.31. The molecule has 0 fully saturated rings. The van der Waals surface area contributed by atoms with Crippen LogP contribution in [0, 0.1) is 0 Å². The van der Waals surface area contributed by atoms with Crippen molar-refractivity contribution in [2.45, 2.75) is 26.5 Å². The van der Waals surface area contributed by atoms with Gasteiger partial charge in [0, 0.05) is 36.9 Å². The fourth-order valence-corrected chi connectivity index (χ4v) is 2.96. The molecule has 0 unspecified atom stereocenters. The molecule has 0 spiro atoms. The van der Waals surface area contributed by atoms with Crippen molar-refractivity contribution in [3.8, 4) is 5.75 Å². The molecule has 0 amide bonds. The molecule has 6 nitrogen and oxygen atoms in total. The number of hydrogen-bond acceptors (Lipinski definition) is 3. The van der Waals surface area contributed by atoms with E-state index in [4.69, 9.17) is 23.2 Å². The standard InChI is InChI=1S/C17H21Cl2F2N5O/c1-3-22-17(23-5-4-11-8-25-26(2)10-11)24-9-12-6-13(18)7-14(19)15(12)27-16(20)21/h6-8,10,16H,3-5,9H2,1-2H3,(H2,22,23,24). The predicted molar refractivity (Wildman–Crippen MR) is 103 cm³/mol. The quantitative estimate of drug-likeness (QED) is 0.506. The second-order valence-corrected chi connectivity index (χ2v) is 6.49. The van der Waals surface area contributed by atoms with Gasteiger partial charge in [0.25, 0.3) is 0 Å². The average Bonchev–Trinajstić information content (AvgIpc) is 3.00. The summed E-state index contributed by atoms with van der Waals surface area (Å²) in [6, 6.07) is 2.86. The maximum absolute atomic E-state index is 12.6. The van der Waals surface area contributed by atoms with Crippen LogP contribution in [0.3, 0.4) is 0 Å². The Bertz CT molecular complexity index is 783. The van der Waals surface area contributed by atoms with Gasteiger partial charge in [-0.2, -0.15) is 13.9 Å². The lowest BCUT2D eigenvalue weighted by atomic mass is 10.2. The molecule has 0 aliphatic heterocycles. The number of ether oxygens (including phenoxy) is 1. The van der Waals surface area contributed by atoms with Crippen molar-refractivity contribution in [2.75, 3.05) is 13.1 Å². The van der Waals surface area contributed by atoms with Crippen molar-refractivity contribution >= 4 is 29.2 Å². The fraction of sp³-hybridized carbons (Fsp3) is 0.412. The molecule has 0 saturated carbocycles. The number of halogens is 4. The highest BCUT2D eigenvalue weighted by Gasteiger charge is 2.15. The highest BCUT2D eigenvalue weighted by molar-refractivity contribution is 6.35. The van der Waals surface area contributed by atoms with Crippen molar-refractivity contribution < 1.29 is 13.5 Å². The van der Waals surface area contributed by atoms with Crippen LogP contribution in [0.2, 0.25) is 10.0 Å². The van der Waals surface area contributed by atoms with Gasteiger partial charge in [-0.1, -0.05) is 23.2 Å². The Balaban J connectivity index is 2.06. The molecule has 0 saturated heterocycles. The second-order valence-electron chi connectivity index (χ2n) is 5.65. The highest BCUT2D eigenvalue weighted by Crippen LogP contribution is 2.34. The molecule has 0 aliphatic rings. The minimum absolute atomic E-state index is 0.0162. The van der Waals surface area contributed by atoms with Crippen molar-refractivity contribution in [2.24, 2.45) is 12.0 Å². The molecule has 1 aromatic heterocycles. The molecule has 0 bridgehead atoms. The third kappa shape index (κ3) is 6.88. The number of hydrogen-bond donors (Lipinski definition) is 2. The van der Waals surface area contributed by atoms with Gasteiger partial charge in [0.15, 0.2) is 5.96 Å². The van der Waals surface area contributed by atoms with Crippen molar-refractivity contribution in [1.29, 1.82) is 0 Å². The summed E-state index contributed by atoms with van der Waals surface area (Å²) in [5.41, 5.74) is 1.47. The van der Waals surface area contributed by atoms with Crippen LogP contribution >= 0.6 is 23.2 Å². The topological polar surface area (TPSA) is 63.5 Å². The Morgan fingerprint density at radius 1 is 1.33 bits per heavy atom. The van der Waals surface area contributed by atoms with E-state index < -0.39 is 6.61 Å². The van der Waals surface area contributed by atoms with Crippen LogP contribution in [0.5, 0.6) is 5.75 Å². The van der Waals surface area contributed by atoms with E-state index in [0.29, 0.717) is 29.6 Å². The van der Waals surface area contributed by atoms with Crippen LogP contribution in [0.4, 0.5) is 8.78 Å². The fourth-order valence-electron chi connectivity index (χ4n) is 2.38. The number of alkyl halides is 2. The van der Waals surface area contributed by atoms with Gasteiger partial charge in [0.1, 0.15) is 5.75 Å². The van der Waals surface area contributed by atoms with Gasteiger partial charge in [-0.3, -0.25) is 4.68 Å². The largest absolute Gasteiger partial charge is 0.433 e. The van der Waals surface area contributed by atoms with E-state index in [2.05, 4.69) is 25.5 Å². The zero-order chi connectivity index (χ0) is 19.8. The molecular formula is C17H21Cl2F2N5O. The minimum Gasteiger partial charge on any atom is -0.433 e. The zero-order valence-electron chi connectivity index (χ0n) is 15.0. The van der Waals surface area contributed by atoms with Gasteiger partial charge in [-0.15, -0.1) is 0 Å². The monoisotopic (exact) mass is 419 g/mol. The Morgan fingerprint density at radius 3 is 2.74 bits per heavy atom. The van der Waals surface area contributed by atoms with Crippen LogP contribution in [0.1, 0.15) is 18.1 Å². The lowest BCUT2D eigenvalue weighted by molar-refractivity contribution is -0.0503. The van der Waals surface area contributed by atoms with Gasteiger partial charge >= 0.3 is 6.61 Å². The van der Waals surface area contributed by atoms with Crippen molar-refractivity contribution in [1.82, 2.24) is 20.4 Å². The van der Waals surface area contributed by atoms with Crippen LogP contribution in [0.15, 0.2) is 29.5 Å². The molecule has 1 heterocycles. The number of rotatable bonds is 8. The molecule has 0 atom stereocenters. The second kappa shape index (κ2) is 10.3.